The summed E-state index contributed by atoms with van der Waals surface area (Å²) >= 11 is 0. The molecule has 0 aliphatic carbocycles. The van der Waals surface area contributed by atoms with Crippen LogP contribution in [-0.4, -0.2) is 23.9 Å². The minimum absolute atomic E-state index is 0.123. The maximum absolute atomic E-state index is 10.4. The van der Waals surface area contributed by atoms with E-state index in [9.17, 15) is 4.79 Å². The van der Waals surface area contributed by atoms with Crippen molar-refractivity contribution in [3.05, 3.63) is 0 Å². The summed E-state index contributed by atoms with van der Waals surface area (Å²) in [5.41, 5.74) is 5.68. The van der Waals surface area contributed by atoms with Crippen LogP contribution in [0.5, 0.6) is 0 Å². The number of nitrogens with zero attached hydrogens (tertiary/aromatic N) is 1. The maximum atomic E-state index is 10.4. The van der Waals surface area contributed by atoms with Crippen molar-refractivity contribution in [1.29, 1.82) is 0 Å². The second-order valence-electron chi connectivity index (χ2n) is 2.53. The number of rotatable bonds is 1. The van der Waals surface area contributed by atoms with Crippen molar-refractivity contribution in [2.75, 3.05) is 0 Å². The van der Waals surface area contributed by atoms with Crippen molar-refractivity contribution in [2.24, 2.45) is 10.9 Å². The molecule has 1 heterocycles. The average Bonchev–Trinajstić information content (AvgIpc) is 2.18. The zero-order chi connectivity index (χ0) is 8.43. The fourth-order valence-electron chi connectivity index (χ4n) is 0.999. The predicted octanol–water partition coefficient (Wildman–Crippen LogP) is -0.182. The molecular formula is C6H11N3O2. The lowest BCUT2D eigenvalue weighted by Crippen LogP contribution is -2.46. The number of nitrogens with one attached hydrogen (secondary N) is 1. The third-order valence-corrected chi connectivity index (χ3v) is 1.58. The van der Waals surface area contributed by atoms with Crippen LogP contribution in [0.3, 0.4) is 0 Å². The summed E-state index contributed by atoms with van der Waals surface area (Å²) in [6.07, 6.45) is -0.123. The smallest absolute Gasteiger partial charge is 0.312 e. The fourth-order valence-corrected chi connectivity index (χ4v) is 0.999. The third-order valence-electron chi connectivity index (χ3n) is 1.58. The standard InChI is InChI=1S/C6H11N3O2/c1-3-5(8-6(7)10)4(2)11-9-3/h4-5H,1-2H3,(H3,7,8,10). The van der Waals surface area contributed by atoms with Crippen LogP contribution in [0.15, 0.2) is 5.16 Å². The summed E-state index contributed by atoms with van der Waals surface area (Å²) in [7, 11) is 0. The molecule has 0 fully saturated rings. The number of primary amides is 1. The van der Waals surface area contributed by atoms with E-state index in [1.165, 1.54) is 0 Å². The second-order valence-corrected chi connectivity index (χ2v) is 2.53. The van der Waals surface area contributed by atoms with Gasteiger partial charge < -0.3 is 15.9 Å². The second kappa shape index (κ2) is 2.77. The highest BCUT2D eigenvalue weighted by Crippen LogP contribution is 2.09. The van der Waals surface area contributed by atoms with Gasteiger partial charge in [-0.3, -0.25) is 0 Å². The lowest BCUT2D eigenvalue weighted by Gasteiger charge is -2.13. The molecule has 1 aliphatic heterocycles. The molecule has 2 unspecified atom stereocenters. The van der Waals surface area contributed by atoms with E-state index in [-0.39, 0.29) is 12.1 Å². The number of nitrogens with two attached hydrogens (primary N) is 1. The van der Waals surface area contributed by atoms with Crippen molar-refractivity contribution in [2.45, 2.75) is 26.0 Å². The first kappa shape index (κ1) is 7.84. The van der Waals surface area contributed by atoms with E-state index in [2.05, 4.69) is 10.5 Å². The van der Waals surface area contributed by atoms with E-state index >= 15 is 0 Å². The van der Waals surface area contributed by atoms with E-state index in [4.69, 9.17) is 10.6 Å². The van der Waals surface area contributed by atoms with Crippen LogP contribution >= 0.6 is 0 Å². The normalized spacial score (nSPS) is 29.1. The summed E-state index contributed by atoms with van der Waals surface area (Å²) in [6.45, 7) is 3.60. The highest BCUT2D eigenvalue weighted by Gasteiger charge is 2.28. The molecule has 0 aromatic carbocycles. The van der Waals surface area contributed by atoms with E-state index in [0.29, 0.717) is 0 Å². The van der Waals surface area contributed by atoms with Crippen molar-refractivity contribution in [3.63, 3.8) is 0 Å². The number of amides is 2. The molecule has 3 N–H and O–H groups in total. The third kappa shape index (κ3) is 1.60. The van der Waals surface area contributed by atoms with Crippen LogP contribution in [0, 0.1) is 0 Å². The lowest BCUT2D eigenvalue weighted by molar-refractivity contribution is 0.0864. The summed E-state index contributed by atoms with van der Waals surface area (Å²) in [5, 5.41) is 6.22. The van der Waals surface area contributed by atoms with Crippen LogP contribution in [0.2, 0.25) is 0 Å². The van der Waals surface area contributed by atoms with Crippen molar-refractivity contribution in [1.82, 2.24) is 5.32 Å². The molecule has 1 aliphatic rings. The Morgan fingerprint density at radius 3 is 2.82 bits per heavy atom. The van der Waals surface area contributed by atoms with Gasteiger partial charge in [0.1, 0.15) is 12.1 Å². The average molecular weight is 157 g/mol. The molecule has 5 heteroatoms. The van der Waals surface area contributed by atoms with Gasteiger partial charge in [-0.15, -0.1) is 0 Å². The molecule has 0 saturated carbocycles. The Labute approximate surface area is 64.6 Å². The van der Waals surface area contributed by atoms with Crippen molar-refractivity contribution >= 4 is 11.7 Å². The summed E-state index contributed by atoms with van der Waals surface area (Å²) < 4.78 is 0. The number of hydrogen-bond acceptors (Lipinski definition) is 3. The molecule has 0 aromatic heterocycles. The lowest BCUT2D eigenvalue weighted by atomic mass is 10.1. The molecule has 2 amide bonds. The molecule has 1 rings (SSSR count). The maximum Gasteiger partial charge on any atom is 0.312 e. The quantitative estimate of drug-likeness (QED) is 0.553. The van der Waals surface area contributed by atoms with Crippen LogP contribution in [0.1, 0.15) is 13.8 Å². The largest absolute Gasteiger partial charge is 0.390 e. The zero-order valence-electron chi connectivity index (χ0n) is 6.50. The Hall–Kier alpha value is -1.26. The Morgan fingerprint density at radius 1 is 1.82 bits per heavy atom. The van der Waals surface area contributed by atoms with Gasteiger partial charge in [0.05, 0.1) is 5.71 Å². The SMILES string of the molecule is CC1=NOC(C)C1NC(N)=O. The van der Waals surface area contributed by atoms with Gasteiger partial charge >= 0.3 is 6.03 Å². The molecule has 0 aromatic rings. The number of oxime groups is 1. The van der Waals surface area contributed by atoms with Gasteiger partial charge in [0.2, 0.25) is 0 Å². The van der Waals surface area contributed by atoms with Gasteiger partial charge in [0, 0.05) is 0 Å². The zero-order valence-corrected chi connectivity index (χ0v) is 6.50. The molecule has 0 radical (unpaired) electrons. The number of carbonyl (C=O) groups is 1. The topological polar surface area (TPSA) is 76.7 Å². The minimum atomic E-state index is -0.554. The minimum Gasteiger partial charge on any atom is -0.390 e. The monoisotopic (exact) mass is 157 g/mol. The molecule has 62 valence electrons. The van der Waals surface area contributed by atoms with Crippen LogP contribution in [0.25, 0.3) is 0 Å². The van der Waals surface area contributed by atoms with E-state index in [1.54, 1.807) is 6.92 Å². The molecule has 11 heavy (non-hydrogen) atoms. The van der Waals surface area contributed by atoms with Gasteiger partial charge in [-0.05, 0) is 13.8 Å². The Balaban J connectivity index is 2.56. The van der Waals surface area contributed by atoms with Gasteiger partial charge in [-0.1, -0.05) is 5.16 Å². The van der Waals surface area contributed by atoms with Crippen LogP contribution < -0.4 is 11.1 Å². The highest BCUT2D eigenvalue weighted by molar-refractivity contribution is 5.91. The van der Waals surface area contributed by atoms with Crippen LogP contribution in [0.4, 0.5) is 4.79 Å². The molecule has 2 atom stereocenters. The Bertz CT molecular complexity index is 202. The highest BCUT2D eigenvalue weighted by atomic mass is 16.6. The van der Waals surface area contributed by atoms with Gasteiger partial charge in [0.15, 0.2) is 0 Å². The molecule has 0 bridgehead atoms. The van der Waals surface area contributed by atoms with Gasteiger partial charge in [-0.2, -0.15) is 0 Å². The first-order valence-electron chi connectivity index (χ1n) is 3.37. The summed E-state index contributed by atoms with van der Waals surface area (Å²) in [4.78, 5) is 15.3. The number of urea groups is 1. The Kier molecular flexibility index (Phi) is 1.98. The summed E-state index contributed by atoms with van der Waals surface area (Å²) in [5.74, 6) is 0. The first-order valence-corrected chi connectivity index (χ1v) is 3.37. The van der Waals surface area contributed by atoms with Crippen molar-refractivity contribution in [3.8, 4) is 0 Å². The van der Waals surface area contributed by atoms with Gasteiger partial charge in [-0.25, -0.2) is 4.79 Å². The van der Waals surface area contributed by atoms with E-state index in [0.717, 1.165) is 5.71 Å². The molecular weight excluding hydrogens is 146 g/mol. The predicted molar refractivity (Wildman–Crippen MR) is 40.2 cm³/mol. The Morgan fingerprint density at radius 2 is 2.45 bits per heavy atom. The molecule has 0 saturated heterocycles. The number of hydrogen-bond donors (Lipinski definition) is 2. The molecule has 5 nitrogen and oxygen atoms in total. The van der Waals surface area contributed by atoms with Gasteiger partial charge in [0.25, 0.3) is 0 Å². The van der Waals surface area contributed by atoms with Crippen LogP contribution in [-0.2, 0) is 4.84 Å². The van der Waals surface area contributed by atoms with E-state index in [1.807, 2.05) is 6.92 Å². The molecule has 0 spiro atoms. The fraction of sp³-hybridized carbons (Fsp3) is 0.667. The number of carbonyl (C=O) groups excluding carboxylic acids is 1. The first-order chi connectivity index (χ1) is 5.11. The van der Waals surface area contributed by atoms with E-state index < -0.39 is 6.03 Å². The summed E-state index contributed by atoms with van der Waals surface area (Å²) in [6, 6.07) is -0.727. The van der Waals surface area contributed by atoms with Crippen molar-refractivity contribution < 1.29 is 9.63 Å².